The molecule has 0 aromatic rings. The van der Waals surface area contributed by atoms with Crippen molar-refractivity contribution in [2.24, 2.45) is 5.73 Å². The van der Waals surface area contributed by atoms with E-state index in [-0.39, 0.29) is 0 Å². The summed E-state index contributed by atoms with van der Waals surface area (Å²) in [6.07, 6.45) is 4.96. The Balaban J connectivity index is 3.66. The average Bonchev–Trinajstić information content (AvgIpc) is 2.09. The number of hydrogen-bond donors (Lipinski definition) is 1. The van der Waals surface area contributed by atoms with Crippen LogP contribution in [-0.4, -0.2) is 29.5 Å². The lowest BCUT2D eigenvalue weighted by atomic mass is 10.2. The molecule has 2 nitrogen and oxygen atoms in total. The summed E-state index contributed by atoms with van der Waals surface area (Å²) in [6.45, 7) is 7.47. The van der Waals surface area contributed by atoms with E-state index >= 15 is 0 Å². The Morgan fingerprint density at radius 3 is 1.92 bits per heavy atom. The zero-order valence-electron chi connectivity index (χ0n) is 8.88. The molecule has 0 unspecified atom stereocenters. The van der Waals surface area contributed by atoms with Crippen LogP contribution in [0.4, 0.5) is 0 Å². The summed E-state index contributed by atoms with van der Waals surface area (Å²) in [7, 11) is 0. The molecule has 0 saturated heterocycles. The van der Waals surface area contributed by atoms with Gasteiger partial charge in [-0.25, -0.2) is 0 Å². The zero-order valence-corrected chi connectivity index (χ0v) is 9.70. The Labute approximate surface area is 87.5 Å². The minimum Gasteiger partial charge on any atom is -0.392 e. The van der Waals surface area contributed by atoms with Crippen LogP contribution in [0.2, 0.25) is 0 Å². The molecule has 0 radical (unpaired) electrons. The fraction of sp³-hybridized carbons (Fsp3) is 0.900. The fourth-order valence-corrected chi connectivity index (χ4v) is 1.44. The standard InChI is InChI=1S/C10H22N2S/c1-3-5-7-12(8-6-4-2)9-10(11)13/h3-9H2,1-2H3,(H2,11,13). The van der Waals surface area contributed by atoms with Crippen molar-refractivity contribution in [2.45, 2.75) is 39.5 Å². The van der Waals surface area contributed by atoms with Crippen LogP contribution >= 0.6 is 12.2 Å². The highest BCUT2D eigenvalue weighted by Crippen LogP contribution is 1.98. The van der Waals surface area contributed by atoms with Gasteiger partial charge >= 0.3 is 0 Å². The molecule has 0 fully saturated rings. The van der Waals surface area contributed by atoms with Crippen molar-refractivity contribution >= 4 is 17.2 Å². The highest BCUT2D eigenvalue weighted by molar-refractivity contribution is 7.80. The van der Waals surface area contributed by atoms with Crippen molar-refractivity contribution < 1.29 is 0 Å². The molecule has 0 aliphatic carbocycles. The van der Waals surface area contributed by atoms with Gasteiger partial charge in [-0.15, -0.1) is 0 Å². The molecular formula is C10H22N2S. The van der Waals surface area contributed by atoms with Crippen molar-refractivity contribution in [3.63, 3.8) is 0 Å². The molecule has 0 atom stereocenters. The van der Waals surface area contributed by atoms with Gasteiger partial charge < -0.3 is 5.73 Å². The topological polar surface area (TPSA) is 29.3 Å². The van der Waals surface area contributed by atoms with E-state index in [1.807, 2.05) is 0 Å². The number of nitrogens with zero attached hydrogens (tertiary/aromatic N) is 1. The molecule has 0 bridgehead atoms. The van der Waals surface area contributed by atoms with Crippen molar-refractivity contribution in [3.8, 4) is 0 Å². The van der Waals surface area contributed by atoms with Gasteiger partial charge in [-0.05, 0) is 25.9 Å². The Hall–Kier alpha value is -0.150. The molecule has 78 valence electrons. The van der Waals surface area contributed by atoms with Gasteiger partial charge in [-0.1, -0.05) is 38.9 Å². The minimum atomic E-state index is 0.618. The van der Waals surface area contributed by atoms with Gasteiger partial charge in [0.1, 0.15) is 0 Å². The second kappa shape index (κ2) is 8.45. The fourth-order valence-electron chi connectivity index (χ4n) is 1.25. The lowest BCUT2D eigenvalue weighted by molar-refractivity contribution is 0.301. The predicted octanol–water partition coefficient (Wildman–Crippen LogP) is 2.17. The molecule has 0 aromatic carbocycles. The molecule has 0 spiro atoms. The van der Waals surface area contributed by atoms with Crippen LogP contribution in [0.15, 0.2) is 0 Å². The summed E-state index contributed by atoms with van der Waals surface area (Å²) in [5.41, 5.74) is 5.53. The van der Waals surface area contributed by atoms with Gasteiger partial charge in [-0.3, -0.25) is 4.90 Å². The monoisotopic (exact) mass is 202 g/mol. The molecular weight excluding hydrogens is 180 g/mol. The molecule has 13 heavy (non-hydrogen) atoms. The molecule has 0 aliphatic rings. The molecule has 0 heterocycles. The third-order valence-corrected chi connectivity index (χ3v) is 2.16. The maximum atomic E-state index is 5.53. The third-order valence-electron chi connectivity index (χ3n) is 2.04. The van der Waals surface area contributed by atoms with E-state index in [4.69, 9.17) is 18.0 Å². The van der Waals surface area contributed by atoms with Crippen LogP contribution in [0.25, 0.3) is 0 Å². The smallest absolute Gasteiger partial charge is 0.0870 e. The molecule has 3 heteroatoms. The summed E-state index contributed by atoms with van der Waals surface area (Å²) in [5.74, 6) is 0. The number of unbranched alkanes of at least 4 members (excludes halogenated alkanes) is 2. The molecule has 0 amide bonds. The van der Waals surface area contributed by atoms with Crippen LogP contribution in [0.1, 0.15) is 39.5 Å². The molecule has 0 aromatic heterocycles. The largest absolute Gasteiger partial charge is 0.392 e. The summed E-state index contributed by atoms with van der Waals surface area (Å²) < 4.78 is 0. The highest BCUT2D eigenvalue weighted by atomic mass is 32.1. The average molecular weight is 202 g/mol. The van der Waals surface area contributed by atoms with E-state index < -0.39 is 0 Å². The summed E-state index contributed by atoms with van der Waals surface area (Å²) >= 11 is 4.91. The minimum absolute atomic E-state index is 0.618. The van der Waals surface area contributed by atoms with Crippen LogP contribution in [0, 0.1) is 0 Å². The molecule has 0 saturated carbocycles. The highest BCUT2D eigenvalue weighted by Gasteiger charge is 2.04. The van der Waals surface area contributed by atoms with E-state index in [1.54, 1.807) is 0 Å². The first-order chi connectivity index (χ1) is 6.20. The van der Waals surface area contributed by atoms with E-state index in [0.717, 1.165) is 19.6 Å². The summed E-state index contributed by atoms with van der Waals surface area (Å²) in [5, 5.41) is 0. The summed E-state index contributed by atoms with van der Waals surface area (Å²) in [6, 6.07) is 0. The Morgan fingerprint density at radius 1 is 1.15 bits per heavy atom. The van der Waals surface area contributed by atoms with Crippen LogP contribution in [0.3, 0.4) is 0 Å². The van der Waals surface area contributed by atoms with E-state index in [9.17, 15) is 0 Å². The van der Waals surface area contributed by atoms with Crippen molar-refractivity contribution in [3.05, 3.63) is 0 Å². The first-order valence-corrected chi connectivity index (χ1v) is 5.62. The first-order valence-electron chi connectivity index (χ1n) is 5.21. The number of rotatable bonds is 8. The van der Waals surface area contributed by atoms with Gasteiger partial charge in [0.15, 0.2) is 0 Å². The van der Waals surface area contributed by atoms with Crippen LogP contribution in [0.5, 0.6) is 0 Å². The second-order valence-electron chi connectivity index (χ2n) is 3.45. The van der Waals surface area contributed by atoms with Gasteiger partial charge in [0.2, 0.25) is 0 Å². The van der Waals surface area contributed by atoms with Gasteiger partial charge in [-0.2, -0.15) is 0 Å². The normalized spacial score (nSPS) is 10.7. The first kappa shape index (κ1) is 12.8. The van der Waals surface area contributed by atoms with Crippen LogP contribution in [-0.2, 0) is 0 Å². The molecule has 0 rings (SSSR count). The number of hydrogen-bond acceptors (Lipinski definition) is 2. The quantitative estimate of drug-likeness (QED) is 0.612. The van der Waals surface area contributed by atoms with Crippen molar-refractivity contribution in [2.75, 3.05) is 19.6 Å². The number of nitrogens with two attached hydrogens (primary N) is 1. The van der Waals surface area contributed by atoms with Gasteiger partial charge in [0.25, 0.3) is 0 Å². The number of thiocarbonyl (C=S) groups is 1. The SMILES string of the molecule is CCCCN(CCCC)CC(N)=S. The van der Waals surface area contributed by atoms with Gasteiger partial charge in [0, 0.05) is 6.54 Å². The van der Waals surface area contributed by atoms with Crippen molar-refractivity contribution in [1.82, 2.24) is 4.90 Å². The predicted molar refractivity (Wildman–Crippen MR) is 63.0 cm³/mol. The van der Waals surface area contributed by atoms with Gasteiger partial charge in [0.05, 0.1) is 4.99 Å². The van der Waals surface area contributed by atoms with E-state index in [2.05, 4.69) is 18.7 Å². The van der Waals surface area contributed by atoms with E-state index in [0.29, 0.717) is 4.99 Å². The maximum absolute atomic E-state index is 5.53. The Morgan fingerprint density at radius 2 is 1.62 bits per heavy atom. The van der Waals surface area contributed by atoms with Crippen molar-refractivity contribution in [1.29, 1.82) is 0 Å². The second-order valence-corrected chi connectivity index (χ2v) is 3.97. The summed E-state index contributed by atoms with van der Waals surface area (Å²) in [4.78, 5) is 2.97. The lowest BCUT2D eigenvalue weighted by Crippen LogP contribution is -2.34. The third kappa shape index (κ3) is 8.19. The lowest BCUT2D eigenvalue weighted by Gasteiger charge is -2.20. The molecule has 2 N–H and O–H groups in total. The zero-order chi connectivity index (χ0) is 10.1. The maximum Gasteiger partial charge on any atom is 0.0870 e. The van der Waals surface area contributed by atoms with E-state index in [1.165, 1.54) is 25.7 Å². The van der Waals surface area contributed by atoms with Crippen LogP contribution < -0.4 is 5.73 Å². The molecule has 0 aliphatic heterocycles. The Kier molecular flexibility index (Phi) is 8.35. The Bertz CT molecular complexity index is 129.